The van der Waals surface area contributed by atoms with Gasteiger partial charge in [0.2, 0.25) is 11.9 Å². The summed E-state index contributed by atoms with van der Waals surface area (Å²) in [5.74, 6) is -0.517. The standard InChI is InChI=1S/C28H28F2N8O2/c1-5-26(39)34-22-13-23(25(40-27(29)30)14-21(22)32-10-11-37(2)3)36-28-33-9-8-20(35-28)19-16-38(4)24-12-17(15-31)6-7-18(19)24/h5-9,12-14,16,27,32H,1,10-11H2,2-4H3,(H,34,39)(H,33,35,36). The van der Waals surface area contributed by atoms with Crippen molar-refractivity contribution in [2.45, 2.75) is 6.61 Å². The summed E-state index contributed by atoms with van der Waals surface area (Å²) in [7, 11) is 5.67. The molecular formula is C28H28F2N8O2. The van der Waals surface area contributed by atoms with Gasteiger partial charge in [0, 0.05) is 55.1 Å². The molecule has 0 spiro atoms. The van der Waals surface area contributed by atoms with Crippen LogP contribution in [0.2, 0.25) is 0 Å². The summed E-state index contributed by atoms with van der Waals surface area (Å²) in [6, 6.07) is 12.1. The number of anilines is 4. The average molecular weight is 547 g/mol. The van der Waals surface area contributed by atoms with Crippen LogP contribution >= 0.6 is 0 Å². The van der Waals surface area contributed by atoms with Crippen LogP contribution in [0.4, 0.5) is 31.8 Å². The van der Waals surface area contributed by atoms with Crippen molar-refractivity contribution in [2.24, 2.45) is 7.05 Å². The second kappa shape index (κ2) is 12.2. The van der Waals surface area contributed by atoms with Crippen molar-refractivity contribution < 1.29 is 18.3 Å². The molecule has 0 unspecified atom stereocenters. The van der Waals surface area contributed by atoms with E-state index in [9.17, 15) is 18.8 Å². The van der Waals surface area contributed by atoms with Gasteiger partial charge in [0.15, 0.2) is 5.75 Å². The van der Waals surface area contributed by atoms with E-state index < -0.39 is 12.5 Å². The van der Waals surface area contributed by atoms with Crippen molar-refractivity contribution in [3.05, 3.63) is 67.0 Å². The number of hydrogen-bond donors (Lipinski definition) is 3. The van der Waals surface area contributed by atoms with Gasteiger partial charge in [0.1, 0.15) is 0 Å². The predicted molar refractivity (Wildman–Crippen MR) is 151 cm³/mol. The Morgan fingerprint density at radius 1 is 1.23 bits per heavy atom. The number of carbonyl (C=O) groups is 1. The normalized spacial score (nSPS) is 10.9. The molecule has 206 valence electrons. The first-order valence-electron chi connectivity index (χ1n) is 12.2. The van der Waals surface area contributed by atoms with Gasteiger partial charge in [-0.15, -0.1) is 0 Å². The molecular weight excluding hydrogens is 518 g/mol. The molecule has 0 aliphatic carbocycles. The van der Waals surface area contributed by atoms with Crippen molar-refractivity contribution in [3.8, 4) is 23.1 Å². The molecule has 0 bridgehead atoms. The first-order valence-corrected chi connectivity index (χ1v) is 12.2. The number of nitrogens with zero attached hydrogens (tertiary/aromatic N) is 5. The number of benzene rings is 2. The van der Waals surface area contributed by atoms with Gasteiger partial charge in [-0.2, -0.15) is 14.0 Å². The highest BCUT2D eigenvalue weighted by molar-refractivity contribution is 6.02. The second-order valence-corrected chi connectivity index (χ2v) is 9.08. The quantitative estimate of drug-likeness (QED) is 0.226. The molecule has 0 radical (unpaired) electrons. The average Bonchev–Trinajstić information content (AvgIpc) is 3.25. The third kappa shape index (κ3) is 6.51. The fourth-order valence-corrected chi connectivity index (χ4v) is 4.07. The minimum absolute atomic E-state index is 0.117. The molecule has 2 aromatic carbocycles. The van der Waals surface area contributed by atoms with Gasteiger partial charge >= 0.3 is 6.61 Å². The zero-order valence-electron chi connectivity index (χ0n) is 22.2. The maximum atomic E-state index is 13.4. The van der Waals surface area contributed by atoms with E-state index in [1.165, 1.54) is 12.1 Å². The van der Waals surface area contributed by atoms with E-state index in [2.05, 4.69) is 38.6 Å². The number of halogens is 2. The Morgan fingerprint density at radius 2 is 2.02 bits per heavy atom. The Labute approximate surface area is 229 Å². The van der Waals surface area contributed by atoms with Crippen LogP contribution in [0, 0.1) is 11.3 Å². The van der Waals surface area contributed by atoms with Crippen LogP contribution in [0.25, 0.3) is 22.2 Å². The lowest BCUT2D eigenvalue weighted by molar-refractivity contribution is -0.111. The minimum Gasteiger partial charge on any atom is -0.433 e. The van der Waals surface area contributed by atoms with Gasteiger partial charge in [-0.25, -0.2) is 9.97 Å². The topological polar surface area (TPSA) is 120 Å². The second-order valence-electron chi connectivity index (χ2n) is 9.08. The Hall–Kier alpha value is -5.02. The molecule has 0 atom stereocenters. The Bertz CT molecular complexity index is 1590. The van der Waals surface area contributed by atoms with Crippen LogP contribution in [-0.4, -0.2) is 59.1 Å². The highest BCUT2D eigenvalue weighted by Crippen LogP contribution is 2.38. The molecule has 12 heteroatoms. The molecule has 0 saturated heterocycles. The summed E-state index contributed by atoms with van der Waals surface area (Å²) in [4.78, 5) is 22.9. The number of amides is 1. The monoisotopic (exact) mass is 546 g/mol. The summed E-state index contributed by atoms with van der Waals surface area (Å²) < 4.78 is 33.4. The summed E-state index contributed by atoms with van der Waals surface area (Å²) in [5.41, 5.74) is 3.60. The number of alkyl halides is 2. The maximum absolute atomic E-state index is 13.4. The fraction of sp³-hybridized carbons (Fsp3) is 0.214. The van der Waals surface area contributed by atoms with Gasteiger partial charge in [-0.05, 0) is 44.4 Å². The van der Waals surface area contributed by atoms with Crippen LogP contribution in [0.5, 0.6) is 5.75 Å². The van der Waals surface area contributed by atoms with Gasteiger partial charge in [-0.1, -0.05) is 12.6 Å². The van der Waals surface area contributed by atoms with Crippen molar-refractivity contribution in [1.82, 2.24) is 19.4 Å². The molecule has 4 rings (SSSR count). The zero-order valence-corrected chi connectivity index (χ0v) is 22.2. The van der Waals surface area contributed by atoms with Crippen molar-refractivity contribution >= 4 is 39.8 Å². The van der Waals surface area contributed by atoms with Gasteiger partial charge in [-0.3, -0.25) is 4.79 Å². The first-order chi connectivity index (χ1) is 19.2. The summed E-state index contributed by atoms with van der Waals surface area (Å²) >= 11 is 0. The fourth-order valence-electron chi connectivity index (χ4n) is 4.07. The van der Waals surface area contributed by atoms with Crippen molar-refractivity contribution in [3.63, 3.8) is 0 Å². The minimum atomic E-state index is -3.09. The van der Waals surface area contributed by atoms with E-state index >= 15 is 0 Å². The Balaban J connectivity index is 1.73. The smallest absolute Gasteiger partial charge is 0.387 e. The number of nitriles is 1. The van der Waals surface area contributed by atoms with E-state index in [4.69, 9.17) is 4.74 Å². The molecule has 0 aliphatic rings. The number of ether oxygens (including phenoxy) is 1. The Kier molecular flexibility index (Phi) is 8.56. The van der Waals surface area contributed by atoms with E-state index in [0.717, 1.165) is 22.5 Å². The number of likely N-dealkylation sites (N-methyl/N-ethyl adjacent to an activating group) is 1. The zero-order chi connectivity index (χ0) is 28.8. The van der Waals surface area contributed by atoms with E-state index in [1.807, 2.05) is 42.9 Å². The highest BCUT2D eigenvalue weighted by atomic mass is 19.3. The predicted octanol–water partition coefficient (Wildman–Crippen LogP) is 4.95. The van der Waals surface area contributed by atoms with Crippen LogP contribution in [0.15, 0.2) is 61.4 Å². The molecule has 1 amide bonds. The molecule has 0 saturated carbocycles. The third-order valence-corrected chi connectivity index (χ3v) is 5.95. The van der Waals surface area contributed by atoms with Gasteiger partial charge in [0.25, 0.3) is 0 Å². The van der Waals surface area contributed by atoms with E-state index in [-0.39, 0.29) is 17.4 Å². The van der Waals surface area contributed by atoms with E-state index in [0.29, 0.717) is 35.7 Å². The molecule has 10 nitrogen and oxygen atoms in total. The number of aryl methyl sites for hydroxylation is 1. The summed E-state index contributed by atoms with van der Waals surface area (Å²) in [5, 5.41) is 18.9. The number of aromatic nitrogens is 3. The number of nitrogens with one attached hydrogen (secondary N) is 3. The lowest BCUT2D eigenvalue weighted by Crippen LogP contribution is -2.21. The van der Waals surface area contributed by atoms with Gasteiger partial charge in [0.05, 0.1) is 34.4 Å². The molecule has 0 fully saturated rings. The van der Waals surface area contributed by atoms with Gasteiger partial charge < -0.3 is 30.2 Å². The maximum Gasteiger partial charge on any atom is 0.387 e. The molecule has 4 aromatic rings. The molecule has 40 heavy (non-hydrogen) atoms. The van der Waals surface area contributed by atoms with E-state index in [1.54, 1.807) is 24.4 Å². The van der Waals surface area contributed by atoms with Crippen LogP contribution in [-0.2, 0) is 11.8 Å². The summed E-state index contributed by atoms with van der Waals surface area (Å²) in [6.45, 7) is 1.52. The first kappa shape index (κ1) is 28.0. The number of hydrogen-bond acceptors (Lipinski definition) is 8. The number of rotatable bonds is 11. The lowest BCUT2D eigenvalue weighted by Gasteiger charge is -2.19. The van der Waals surface area contributed by atoms with Crippen LogP contribution in [0.1, 0.15) is 5.56 Å². The summed E-state index contributed by atoms with van der Waals surface area (Å²) in [6.07, 6.45) is 4.54. The van der Waals surface area contributed by atoms with Crippen molar-refractivity contribution in [1.29, 1.82) is 5.26 Å². The lowest BCUT2D eigenvalue weighted by atomic mass is 10.1. The van der Waals surface area contributed by atoms with Crippen LogP contribution < -0.4 is 20.7 Å². The Morgan fingerprint density at radius 3 is 2.73 bits per heavy atom. The highest BCUT2D eigenvalue weighted by Gasteiger charge is 2.18. The molecule has 2 heterocycles. The number of fused-ring (bicyclic) bond motifs is 1. The van der Waals surface area contributed by atoms with Crippen molar-refractivity contribution in [2.75, 3.05) is 43.1 Å². The third-order valence-electron chi connectivity index (χ3n) is 5.95. The SMILES string of the molecule is C=CC(=O)Nc1cc(Nc2nccc(-c3cn(C)c4cc(C#N)ccc34)n2)c(OC(F)F)cc1NCCN(C)C. The van der Waals surface area contributed by atoms with Crippen LogP contribution in [0.3, 0.4) is 0 Å². The molecule has 2 aromatic heterocycles. The molecule has 3 N–H and O–H groups in total. The molecule has 0 aliphatic heterocycles. The largest absolute Gasteiger partial charge is 0.433 e. The number of carbonyl (C=O) groups excluding carboxylic acids is 1.